The lowest BCUT2D eigenvalue weighted by atomic mass is 10.1. The van der Waals surface area contributed by atoms with E-state index in [0.717, 1.165) is 5.56 Å². The van der Waals surface area contributed by atoms with Gasteiger partial charge in [0.25, 0.3) is 0 Å². The normalized spacial score (nSPS) is 10.1. The molecule has 0 aliphatic rings. The third-order valence-corrected chi connectivity index (χ3v) is 2.84. The van der Waals surface area contributed by atoms with Crippen LogP contribution in [-0.2, 0) is 6.61 Å². The summed E-state index contributed by atoms with van der Waals surface area (Å²) in [6.45, 7) is 0.282. The van der Waals surface area contributed by atoms with Crippen molar-refractivity contribution >= 4 is 11.7 Å². The lowest BCUT2D eigenvalue weighted by Gasteiger charge is -2.14. The predicted octanol–water partition coefficient (Wildman–Crippen LogP) is 2.55. The molecule has 0 aliphatic heterocycles. The number of carboxylic acids is 1. The first-order valence-corrected chi connectivity index (χ1v) is 6.00. The zero-order valence-electron chi connectivity index (χ0n) is 11.0. The molecule has 2 aromatic rings. The van der Waals surface area contributed by atoms with Gasteiger partial charge in [0.1, 0.15) is 6.61 Å². The molecule has 5 nitrogen and oxygen atoms in total. The monoisotopic (exact) mass is 273 g/mol. The number of hydrogen-bond donors (Lipinski definition) is 2. The second-order valence-corrected chi connectivity index (χ2v) is 4.14. The molecule has 0 aromatic heterocycles. The smallest absolute Gasteiger partial charge is 0.337 e. The largest absolute Gasteiger partial charge is 0.493 e. The van der Waals surface area contributed by atoms with E-state index in [4.69, 9.17) is 20.3 Å². The highest BCUT2D eigenvalue weighted by Gasteiger charge is 2.17. The minimum absolute atomic E-state index is 0.00568. The van der Waals surface area contributed by atoms with Crippen LogP contribution in [0.15, 0.2) is 42.5 Å². The Labute approximate surface area is 116 Å². The third kappa shape index (κ3) is 2.83. The maximum atomic E-state index is 11.1. The van der Waals surface area contributed by atoms with Gasteiger partial charge in [-0.1, -0.05) is 30.3 Å². The van der Waals surface area contributed by atoms with Crippen LogP contribution in [0, 0.1) is 0 Å². The van der Waals surface area contributed by atoms with E-state index in [1.807, 2.05) is 30.3 Å². The number of carboxylic acid groups (broad SMARTS) is 1. The molecule has 0 saturated carbocycles. The SMILES string of the molecule is COc1ccc(C(=O)O)c(N)c1OCc1ccccc1. The lowest BCUT2D eigenvalue weighted by Crippen LogP contribution is -2.07. The Morgan fingerprint density at radius 3 is 2.50 bits per heavy atom. The molecule has 20 heavy (non-hydrogen) atoms. The predicted molar refractivity (Wildman–Crippen MR) is 75.1 cm³/mol. The number of nitrogen functional groups attached to an aromatic ring is 1. The van der Waals surface area contributed by atoms with Crippen LogP contribution in [0.2, 0.25) is 0 Å². The van der Waals surface area contributed by atoms with Crippen LogP contribution in [0.25, 0.3) is 0 Å². The highest BCUT2D eigenvalue weighted by molar-refractivity contribution is 5.96. The molecular weight excluding hydrogens is 258 g/mol. The number of anilines is 1. The Balaban J connectivity index is 2.29. The summed E-state index contributed by atoms with van der Waals surface area (Å²) in [7, 11) is 1.48. The van der Waals surface area contributed by atoms with Crippen molar-refractivity contribution in [3.05, 3.63) is 53.6 Å². The number of benzene rings is 2. The van der Waals surface area contributed by atoms with E-state index in [1.165, 1.54) is 19.2 Å². The van der Waals surface area contributed by atoms with E-state index >= 15 is 0 Å². The molecule has 0 radical (unpaired) electrons. The van der Waals surface area contributed by atoms with Crippen LogP contribution in [-0.4, -0.2) is 18.2 Å². The standard InChI is InChI=1S/C15H15NO4/c1-19-12-8-7-11(15(17)18)13(16)14(12)20-9-10-5-3-2-4-6-10/h2-8H,9,16H2,1H3,(H,17,18). The van der Waals surface area contributed by atoms with Gasteiger partial charge in [-0.15, -0.1) is 0 Å². The number of rotatable bonds is 5. The van der Waals surface area contributed by atoms with Gasteiger partial charge in [0.05, 0.1) is 18.4 Å². The Morgan fingerprint density at radius 1 is 1.20 bits per heavy atom. The summed E-state index contributed by atoms with van der Waals surface area (Å²) in [5.41, 5.74) is 6.85. The van der Waals surface area contributed by atoms with Crippen molar-refractivity contribution in [1.82, 2.24) is 0 Å². The first kappa shape index (κ1) is 13.7. The molecule has 5 heteroatoms. The molecule has 3 N–H and O–H groups in total. The van der Waals surface area contributed by atoms with Crippen molar-refractivity contribution in [2.75, 3.05) is 12.8 Å². The van der Waals surface area contributed by atoms with E-state index < -0.39 is 5.97 Å². The van der Waals surface area contributed by atoms with Crippen LogP contribution in [0.5, 0.6) is 11.5 Å². The summed E-state index contributed by atoms with van der Waals surface area (Å²) in [6.07, 6.45) is 0. The summed E-state index contributed by atoms with van der Waals surface area (Å²) < 4.78 is 10.8. The van der Waals surface area contributed by atoms with E-state index in [9.17, 15) is 4.79 Å². The Morgan fingerprint density at radius 2 is 1.90 bits per heavy atom. The maximum Gasteiger partial charge on any atom is 0.337 e. The number of aromatic carboxylic acids is 1. The van der Waals surface area contributed by atoms with Crippen LogP contribution in [0.1, 0.15) is 15.9 Å². The first-order valence-electron chi connectivity index (χ1n) is 6.00. The summed E-state index contributed by atoms with van der Waals surface area (Å²) in [5, 5.41) is 9.06. The van der Waals surface area contributed by atoms with Crippen molar-refractivity contribution < 1.29 is 19.4 Å². The zero-order chi connectivity index (χ0) is 14.5. The van der Waals surface area contributed by atoms with Gasteiger partial charge in [-0.25, -0.2) is 4.79 Å². The molecule has 0 amide bonds. The second kappa shape index (κ2) is 5.97. The van der Waals surface area contributed by atoms with E-state index in [0.29, 0.717) is 5.75 Å². The minimum atomic E-state index is -1.10. The van der Waals surface area contributed by atoms with Crippen molar-refractivity contribution in [3.8, 4) is 11.5 Å². The fourth-order valence-electron chi connectivity index (χ4n) is 1.81. The number of methoxy groups -OCH3 is 1. The van der Waals surface area contributed by atoms with Gasteiger partial charge in [0.2, 0.25) is 0 Å². The summed E-state index contributed by atoms with van der Waals surface area (Å²) in [4.78, 5) is 11.1. The maximum absolute atomic E-state index is 11.1. The summed E-state index contributed by atoms with van der Waals surface area (Å²) >= 11 is 0. The van der Waals surface area contributed by atoms with Gasteiger partial charge < -0.3 is 20.3 Å². The van der Waals surface area contributed by atoms with Gasteiger partial charge in [-0.2, -0.15) is 0 Å². The molecule has 0 bridgehead atoms. The Bertz CT molecular complexity index is 611. The number of nitrogens with two attached hydrogens (primary N) is 1. The first-order chi connectivity index (χ1) is 9.63. The fourth-order valence-corrected chi connectivity index (χ4v) is 1.81. The average Bonchev–Trinajstić information content (AvgIpc) is 2.46. The van der Waals surface area contributed by atoms with Gasteiger partial charge in [-0.3, -0.25) is 0 Å². The topological polar surface area (TPSA) is 81.8 Å². The van der Waals surface area contributed by atoms with E-state index in [1.54, 1.807) is 0 Å². The summed E-state index contributed by atoms with van der Waals surface area (Å²) in [6, 6.07) is 12.4. The van der Waals surface area contributed by atoms with Gasteiger partial charge in [0.15, 0.2) is 11.5 Å². The number of carbonyl (C=O) groups is 1. The van der Waals surface area contributed by atoms with Crippen molar-refractivity contribution in [1.29, 1.82) is 0 Å². The van der Waals surface area contributed by atoms with Gasteiger partial charge >= 0.3 is 5.97 Å². The van der Waals surface area contributed by atoms with Crippen LogP contribution < -0.4 is 15.2 Å². The highest BCUT2D eigenvalue weighted by Crippen LogP contribution is 2.36. The molecule has 0 atom stereocenters. The van der Waals surface area contributed by atoms with Crippen LogP contribution in [0.3, 0.4) is 0 Å². The van der Waals surface area contributed by atoms with Gasteiger partial charge in [0, 0.05) is 0 Å². The molecule has 0 unspecified atom stereocenters. The van der Waals surface area contributed by atoms with Crippen molar-refractivity contribution in [3.63, 3.8) is 0 Å². The van der Waals surface area contributed by atoms with E-state index in [-0.39, 0.29) is 23.6 Å². The van der Waals surface area contributed by atoms with E-state index in [2.05, 4.69) is 0 Å². The molecule has 2 aromatic carbocycles. The highest BCUT2D eigenvalue weighted by atomic mass is 16.5. The van der Waals surface area contributed by atoms with Crippen LogP contribution >= 0.6 is 0 Å². The minimum Gasteiger partial charge on any atom is -0.493 e. The second-order valence-electron chi connectivity index (χ2n) is 4.14. The van der Waals surface area contributed by atoms with Crippen molar-refractivity contribution in [2.24, 2.45) is 0 Å². The zero-order valence-corrected chi connectivity index (χ0v) is 11.0. The summed E-state index contributed by atoms with van der Waals surface area (Å²) in [5.74, 6) is -0.450. The molecule has 0 fully saturated rings. The quantitative estimate of drug-likeness (QED) is 0.818. The third-order valence-electron chi connectivity index (χ3n) is 2.84. The average molecular weight is 273 g/mol. The Kier molecular flexibility index (Phi) is 4.10. The molecule has 2 rings (SSSR count). The molecule has 0 heterocycles. The molecule has 0 saturated heterocycles. The molecule has 0 aliphatic carbocycles. The van der Waals surface area contributed by atoms with Crippen molar-refractivity contribution in [2.45, 2.75) is 6.61 Å². The molecular formula is C15H15NO4. The lowest BCUT2D eigenvalue weighted by molar-refractivity contribution is 0.0697. The Hall–Kier alpha value is -2.69. The molecule has 0 spiro atoms. The van der Waals surface area contributed by atoms with Crippen LogP contribution in [0.4, 0.5) is 5.69 Å². The number of ether oxygens (including phenoxy) is 2. The molecule has 104 valence electrons. The fraction of sp³-hybridized carbons (Fsp3) is 0.133. The number of hydrogen-bond acceptors (Lipinski definition) is 4. The van der Waals surface area contributed by atoms with Gasteiger partial charge in [-0.05, 0) is 17.7 Å².